The summed E-state index contributed by atoms with van der Waals surface area (Å²) in [6, 6.07) is 7.19. The zero-order valence-electron chi connectivity index (χ0n) is 11.4. The number of phenols is 1. The van der Waals surface area contributed by atoms with Gasteiger partial charge < -0.3 is 15.3 Å². The first-order chi connectivity index (χ1) is 9.18. The minimum Gasteiger partial charge on any atom is -0.508 e. The molecule has 1 heterocycles. The van der Waals surface area contributed by atoms with Crippen LogP contribution in [0.5, 0.6) is 5.75 Å². The van der Waals surface area contributed by atoms with Gasteiger partial charge in [-0.1, -0.05) is 18.2 Å². The third kappa shape index (κ3) is 3.70. The number of nitrogens with one attached hydrogen (secondary N) is 1. The molecule has 1 aromatic rings. The lowest BCUT2D eigenvalue weighted by atomic mass is 10.1. The number of amides is 1. The van der Waals surface area contributed by atoms with Crippen molar-refractivity contribution in [3.8, 4) is 5.75 Å². The number of hydrogen-bond donors (Lipinski definition) is 2. The molecule has 1 unspecified atom stereocenters. The van der Waals surface area contributed by atoms with Gasteiger partial charge in [-0.2, -0.15) is 0 Å². The number of carbonyl (C=O) groups excluding carboxylic acids is 1. The molecular weight excluding hydrogens is 240 g/mol. The van der Waals surface area contributed by atoms with Gasteiger partial charge in [0.1, 0.15) is 5.75 Å². The monoisotopic (exact) mass is 262 g/mol. The number of nitrogens with zero attached hydrogens (tertiary/aromatic N) is 1. The van der Waals surface area contributed by atoms with Gasteiger partial charge >= 0.3 is 0 Å². The van der Waals surface area contributed by atoms with Gasteiger partial charge in [0.15, 0.2) is 0 Å². The van der Waals surface area contributed by atoms with E-state index in [1.807, 2.05) is 24.0 Å². The van der Waals surface area contributed by atoms with Crippen LogP contribution in [0.1, 0.15) is 37.8 Å². The highest BCUT2D eigenvalue weighted by Gasteiger charge is 2.17. The maximum absolute atomic E-state index is 12.0. The van der Waals surface area contributed by atoms with Crippen LogP contribution in [-0.4, -0.2) is 35.5 Å². The summed E-state index contributed by atoms with van der Waals surface area (Å²) in [4.78, 5) is 13.9. The fourth-order valence-corrected chi connectivity index (χ4v) is 2.46. The van der Waals surface area contributed by atoms with Crippen molar-refractivity contribution in [3.05, 3.63) is 29.8 Å². The van der Waals surface area contributed by atoms with Crippen molar-refractivity contribution in [1.29, 1.82) is 0 Å². The summed E-state index contributed by atoms with van der Waals surface area (Å²) in [5.74, 6) is 0.426. The molecule has 2 rings (SSSR count). The lowest BCUT2D eigenvalue weighted by molar-refractivity contribution is -0.131. The molecule has 4 heteroatoms. The number of hydrogen-bond acceptors (Lipinski definition) is 3. The summed E-state index contributed by atoms with van der Waals surface area (Å²) < 4.78 is 0. The van der Waals surface area contributed by atoms with Crippen LogP contribution in [0.4, 0.5) is 0 Å². The third-order valence-corrected chi connectivity index (χ3v) is 3.67. The first-order valence-electron chi connectivity index (χ1n) is 6.97. The highest BCUT2D eigenvalue weighted by Crippen LogP contribution is 2.22. The molecule has 0 radical (unpaired) electrons. The van der Waals surface area contributed by atoms with E-state index < -0.39 is 0 Å². The minimum atomic E-state index is -0.0325. The van der Waals surface area contributed by atoms with Crippen molar-refractivity contribution >= 4 is 5.91 Å². The number of rotatable bonds is 4. The van der Waals surface area contributed by atoms with Crippen LogP contribution < -0.4 is 5.32 Å². The Morgan fingerprint density at radius 1 is 1.32 bits per heavy atom. The lowest BCUT2D eigenvalue weighted by Gasteiger charge is -2.27. The molecule has 0 aromatic heterocycles. The van der Waals surface area contributed by atoms with E-state index in [1.165, 1.54) is 6.42 Å². The Bertz CT molecular complexity index is 428. The normalized spacial score (nSPS) is 17.2. The highest BCUT2D eigenvalue weighted by atomic mass is 16.3. The average Bonchev–Trinajstić information content (AvgIpc) is 2.46. The zero-order valence-corrected chi connectivity index (χ0v) is 11.4. The Kier molecular flexibility index (Phi) is 4.80. The molecule has 104 valence electrons. The van der Waals surface area contributed by atoms with Crippen LogP contribution >= 0.6 is 0 Å². The largest absolute Gasteiger partial charge is 0.508 e. The van der Waals surface area contributed by atoms with Gasteiger partial charge in [-0.3, -0.25) is 4.79 Å². The summed E-state index contributed by atoms with van der Waals surface area (Å²) in [6.07, 6.45) is 3.45. The standard InChI is InChI=1S/C15H22N2O2/c1-12(13-7-3-4-8-14(13)18)16-11-15(19)17-9-5-2-6-10-17/h3-4,7-8,12,16,18H,2,5-6,9-11H2,1H3. The quantitative estimate of drug-likeness (QED) is 0.873. The summed E-state index contributed by atoms with van der Waals surface area (Å²) in [5.41, 5.74) is 0.828. The third-order valence-electron chi connectivity index (χ3n) is 3.67. The summed E-state index contributed by atoms with van der Waals surface area (Å²) in [5, 5.41) is 12.9. The minimum absolute atomic E-state index is 0.0325. The number of phenolic OH excluding ortho intramolecular Hbond substituents is 1. The van der Waals surface area contributed by atoms with Gasteiger partial charge in [0.05, 0.1) is 6.54 Å². The van der Waals surface area contributed by atoms with E-state index in [9.17, 15) is 9.90 Å². The van der Waals surface area contributed by atoms with Crippen LogP contribution in [-0.2, 0) is 4.79 Å². The molecule has 1 saturated heterocycles. The van der Waals surface area contributed by atoms with Crippen molar-refractivity contribution in [2.24, 2.45) is 0 Å². The van der Waals surface area contributed by atoms with Crippen LogP contribution in [0, 0.1) is 0 Å². The topological polar surface area (TPSA) is 52.6 Å². The van der Waals surface area contributed by atoms with Crippen molar-refractivity contribution in [1.82, 2.24) is 10.2 Å². The molecule has 2 N–H and O–H groups in total. The Balaban J connectivity index is 1.84. The van der Waals surface area contributed by atoms with E-state index in [-0.39, 0.29) is 17.7 Å². The van der Waals surface area contributed by atoms with Gasteiger partial charge in [-0.05, 0) is 32.3 Å². The second-order valence-electron chi connectivity index (χ2n) is 5.10. The highest BCUT2D eigenvalue weighted by molar-refractivity contribution is 5.78. The van der Waals surface area contributed by atoms with Gasteiger partial charge in [0.25, 0.3) is 0 Å². The van der Waals surface area contributed by atoms with Gasteiger partial charge in [0, 0.05) is 24.7 Å². The smallest absolute Gasteiger partial charge is 0.236 e. The number of piperidine rings is 1. The maximum atomic E-state index is 12.0. The van der Waals surface area contributed by atoms with Crippen LogP contribution in [0.15, 0.2) is 24.3 Å². The van der Waals surface area contributed by atoms with E-state index in [2.05, 4.69) is 5.32 Å². The fraction of sp³-hybridized carbons (Fsp3) is 0.533. The molecule has 0 spiro atoms. The van der Waals surface area contributed by atoms with E-state index in [0.29, 0.717) is 6.54 Å². The van der Waals surface area contributed by atoms with Crippen molar-refractivity contribution in [3.63, 3.8) is 0 Å². The predicted octanol–water partition coefficient (Wildman–Crippen LogP) is 2.06. The molecule has 4 nitrogen and oxygen atoms in total. The molecule has 1 atom stereocenters. The lowest BCUT2D eigenvalue weighted by Crippen LogP contribution is -2.41. The van der Waals surface area contributed by atoms with E-state index in [4.69, 9.17) is 0 Å². The van der Waals surface area contributed by atoms with Crippen molar-refractivity contribution < 1.29 is 9.90 Å². The average molecular weight is 262 g/mol. The first kappa shape index (κ1) is 13.9. The molecule has 19 heavy (non-hydrogen) atoms. The molecule has 0 aliphatic carbocycles. The molecule has 1 aromatic carbocycles. The Morgan fingerprint density at radius 2 is 2.00 bits per heavy atom. The zero-order chi connectivity index (χ0) is 13.7. The van der Waals surface area contributed by atoms with Gasteiger partial charge in [-0.25, -0.2) is 0 Å². The molecule has 1 aliphatic heterocycles. The van der Waals surface area contributed by atoms with Crippen molar-refractivity contribution in [2.45, 2.75) is 32.2 Å². The summed E-state index contributed by atoms with van der Waals surface area (Å²) in [6.45, 7) is 4.05. The van der Waals surface area contributed by atoms with Gasteiger partial charge in [0.2, 0.25) is 5.91 Å². The van der Waals surface area contributed by atoms with Crippen molar-refractivity contribution in [2.75, 3.05) is 19.6 Å². The molecule has 0 saturated carbocycles. The molecular formula is C15H22N2O2. The fourth-order valence-electron chi connectivity index (χ4n) is 2.46. The van der Waals surface area contributed by atoms with E-state index >= 15 is 0 Å². The molecule has 1 amide bonds. The number of likely N-dealkylation sites (tertiary alicyclic amines) is 1. The Labute approximate surface area is 114 Å². The first-order valence-corrected chi connectivity index (χ1v) is 6.97. The van der Waals surface area contributed by atoms with E-state index in [0.717, 1.165) is 31.5 Å². The molecule has 1 fully saturated rings. The number of para-hydroxylation sites is 1. The van der Waals surface area contributed by atoms with Crippen LogP contribution in [0.2, 0.25) is 0 Å². The number of aromatic hydroxyl groups is 1. The Morgan fingerprint density at radius 3 is 2.68 bits per heavy atom. The summed E-state index contributed by atoms with van der Waals surface area (Å²) >= 11 is 0. The van der Waals surface area contributed by atoms with Crippen LogP contribution in [0.3, 0.4) is 0 Å². The molecule has 0 bridgehead atoms. The van der Waals surface area contributed by atoms with Gasteiger partial charge in [-0.15, -0.1) is 0 Å². The molecule has 1 aliphatic rings. The SMILES string of the molecule is CC(NCC(=O)N1CCCCC1)c1ccccc1O. The Hall–Kier alpha value is -1.55. The maximum Gasteiger partial charge on any atom is 0.236 e. The second kappa shape index (κ2) is 6.57. The van der Waals surface area contributed by atoms with E-state index in [1.54, 1.807) is 12.1 Å². The summed E-state index contributed by atoms with van der Waals surface area (Å²) in [7, 11) is 0. The number of carbonyl (C=O) groups is 1. The van der Waals surface area contributed by atoms with Crippen LogP contribution in [0.25, 0.3) is 0 Å². The second-order valence-corrected chi connectivity index (χ2v) is 5.10. The number of benzene rings is 1. The predicted molar refractivity (Wildman–Crippen MR) is 75.0 cm³/mol.